The first-order valence-electron chi connectivity index (χ1n) is 7.55. The third-order valence-corrected chi connectivity index (χ3v) is 4.20. The van der Waals surface area contributed by atoms with E-state index < -0.39 is 0 Å². The van der Waals surface area contributed by atoms with Crippen LogP contribution in [0.4, 0.5) is 11.4 Å². The molecule has 0 aromatic heterocycles. The second-order valence-electron chi connectivity index (χ2n) is 5.73. The molecule has 2 aromatic carbocycles. The van der Waals surface area contributed by atoms with Crippen LogP contribution in [0.2, 0.25) is 5.02 Å². The normalized spacial score (nSPS) is 15.2. The molecule has 4 heteroatoms. The molecule has 1 fully saturated rings. The highest BCUT2D eigenvalue weighted by molar-refractivity contribution is 6.31. The number of hydrogen-bond donors (Lipinski definition) is 2. The topological polar surface area (TPSA) is 41.1 Å². The van der Waals surface area contributed by atoms with Crippen LogP contribution in [0.3, 0.4) is 0 Å². The summed E-state index contributed by atoms with van der Waals surface area (Å²) in [6.45, 7) is 2.07. The van der Waals surface area contributed by atoms with Gasteiger partial charge in [0.1, 0.15) is 0 Å². The van der Waals surface area contributed by atoms with Crippen molar-refractivity contribution in [1.29, 1.82) is 0 Å². The lowest BCUT2D eigenvalue weighted by atomic mass is 10.1. The second-order valence-corrected chi connectivity index (χ2v) is 6.14. The molecule has 1 amide bonds. The monoisotopic (exact) mass is 314 g/mol. The van der Waals surface area contributed by atoms with Crippen LogP contribution in [-0.4, -0.2) is 5.91 Å². The summed E-state index contributed by atoms with van der Waals surface area (Å²) in [5.74, 6) is 0.350. The Morgan fingerprint density at radius 3 is 2.36 bits per heavy atom. The maximum absolute atomic E-state index is 11.7. The van der Waals surface area contributed by atoms with Crippen LogP contribution in [-0.2, 0) is 4.79 Å². The number of carbonyl (C=O) groups excluding carboxylic acids is 1. The van der Waals surface area contributed by atoms with Crippen molar-refractivity contribution in [3.8, 4) is 0 Å². The zero-order valence-corrected chi connectivity index (χ0v) is 13.2. The third-order valence-electron chi connectivity index (χ3n) is 3.86. The minimum atomic E-state index is 0.112. The Balaban J connectivity index is 1.63. The van der Waals surface area contributed by atoms with Crippen LogP contribution in [0.5, 0.6) is 0 Å². The fourth-order valence-electron chi connectivity index (χ4n) is 2.39. The SMILES string of the molecule is CC(Nc1ccc(NC(=O)C2CC2)cc1)c1ccccc1Cl. The number of nitrogens with one attached hydrogen (secondary N) is 2. The lowest BCUT2D eigenvalue weighted by Gasteiger charge is -2.17. The number of amides is 1. The molecule has 0 saturated heterocycles. The van der Waals surface area contributed by atoms with Gasteiger partial charge in [-0.15, -0.1) is 0 Å². The highest BCUT2D eigenvalue weighted by atomic mass is 35.5. The Morgan fingerprint density at radius 1 is 1.09 bits per heavy atom. The van der Waals surface area contributed by atoms with Gasteiger partial charge in [0.15, 0.2) is 0 Å². The summed E-state index contributed by atoms with van der Waals surface area (Å²) in [4.78, 5) is 11.7. The van der Waals surface area contributed by atoms with Gasteiger partial charge in [-0.25, -0.2) is 0 Å². The predicted molar refractivity (Wildman–Crippen MR) is 91.3 cm³/mol. The maximum atomic E-state index is 11.7. The van der Waals surface area contributed by atoms with Gasteiger partial charge >= 0.3 is 0 Å². The van der Waals surface area contributed by atoms with Gasteiger partial charge in [-0.05, 0) is 55.7 Å². The van der Waals surface area contributed by atoms with Crippen LogP contribution < -0.4 is 10.6 Å². The highest BCUT2D eigenvalue weighted by Gasteiger charge is 2.29. The van der Waals surface area contributed by atoms with E-state index in [1.165, 1.54) is 0 Å². The van der Waals surface area contributed by atoms with Gasteiger partial charge in [0, 0.05) is 28.4 Å². The predicted octanol–water partition coefficient (Wildman–Crippen LogP) is 4.86. The van der Waals surface area contributed by atoms with Crippen LogP contribution in [0.15, 0.2) is 48.5 Å². The zero-order chi connectivity index (χ0) is 15.5. The molecule has 0 bridgehead atoms. The molecule has 0 spiro atoms. The first-order valence-corrected chi connectivity index (χ1v) is 7.93. The molecule has 0 aliphatic heterocycles. The molecule has 1 atom stereocenters. The van der Waals surface area contributed by atoms with E-state index in [1.807, 2.05) is 48.5 Å². The second kappa shape index (κ2) is 6.41. The number of carbonyl (C=O) groups is 1. The van der Waals surface area contributed by atoms with Gasteiger partial charge in [0.25, 0.3) is 0 Å². The van der Waals surface area contributed by atoms with Crippen LogP contribution in [0, 0.1) is 5.92 Å². The van der Waals surface area contributed by atoms with Gasteiger partial charge in [0.05, 0.1) is 0 Å². The molecule has 3 nitrogen and oxygen atoms in total. The first-order chi connectivity index (χ1) is 10.6. The summed E-state index contributed by atoms with van der Waals surface area (Å²) in [5, 5.41) is 7.11. The smallest absolute Gasteiger partial charge is 0.227 e. The van der Waals surface area contributed by atoms with Crippen molar-refractivity contribution in [2.45, 2.75) is 25.8 Å². The Morgan fingerprint density at radius 2 is 1.73 bits per heavy atom. The maximum Gasteiger partial charge on any atom is 0.227 e. The van der Waals surface area contributed by atoms with Crippen molar-refractivity contribution in [1.82, 2.24) is 0 Å². The fourth-order valence-corrected chi connectivity index (χ4v) is 2.69. The average Bonchev–Trinajstić information content (AvgIpc) is 3.34. The van der Waals surface area contributed by atoms with Crippen molar-refractivity contribution >= 4 is 28.9 Å². The minimum Gasteiger partial charge on any atom is -0.378 e. The standard InChI is InChI=1S/C18H19ClN2O/c1-12(16-4-2-3-5-17(16)19)20-14-8-10-15(11-9-14)21-18(22)13-6-7-13/h2-5,8-13,20H,6-7H2,1H3,(H,21,22). The van der Waals surface area contributed by atoms with E-state index in [9.17, 15) is 4.79 Å². The fraction of sp³-hybridized carbons (Fsp3) is 0.278. The third kappa shape index (κ3) is 3.60. The van der Waals surface area contributed by atoms with Gasteiger partial charge in [0.2, 0.25) is 5.91 Å². The molecule has 22 heavy (non-hydrogen) atoms. The van der Waals surface area contributed by atoms with E-state index in [0.717, 1.165) is 34.8 Å². The van der Waals surface area contributed by atoms with Gasteiger partial charge < -0.3 is 10.6 Å². The minimum absolute atomic E-state index is 0.112. The summed E-state index contributed by atoms with van der Waals surface area (Å²) < 4.78 is 0. The van der Waals surface area contributed by atoms with E-state index in [1.54, 1.807) is 0 Å². The Bertz CT molecular complexity index is 665. The first kappa shape index (κ1) is 14.9. The van der Waals surface area contributed by atoms with Gasteiger partial charge in [-0.3, -0.25) is 4.79 Å². The molecule has 1 aliphatic carbocycles. The summed E-state index contributed by atoms with van der Waals surface area (Å²) in [5.41, 5.74) is 2.90. The molecule has 2 N–H and O–H groups in total. The lowest BCUT2D eigenvalue weighted by Crippen LogP contribution is -2.13. The van der Waals surface area contributed by atoms with E-state index in [4.69, 9.17) is 11.6 Å². The molecule has 114 valence electrons. The molecule has 0 heterocycles. The number of benzene rings is 2. The number of halogens is 1. The molecule has 3 rings (SSSR count). The van der Waals surface area contributed by atoms with Crippen molar-refractivity contribution in [3.05, 3.63) is 59.1 Å². The number of hydrogen-bond acceptors (Lipinski definition) is 2. The van der Waals surface area contributed by atoms with Crippen LogP contribution in [0.25, 0.3) is 0 Å². The highest BCUT2D eigenvalue weighted by Crippen LogP contribution is 2.30. The molecular formula is C18H19ClN2O. The Labute approximate surface area is 135 Å². The van der Waals surface area contributed by atoms with Crippen LogP contribution in [0.1, 0.15) is 31.4 Å². The molecule has 0 radical (unpaired) electrons. The number of rotatable bonds is 5. The lowest BCUT2D eigenvalue weighted by molar-refractivity contribution is -0.117. The quantitative estimate of drug-likeness (QED) is 0.827. The van der Waals surface area contributed by atoms with E-state index in [-0.39, 0.29) is 17.9 Å². The molecule has 1 unspecified atom stereocenters. The molecular weight excluding hydrogens is 296 g/mol. The Hall–Kier alpha value is -2.00. The van der Waals surface area contributed by atoms with Gasteiger partial charge in [-0.1, -0.05) is 29.8 Å². The summed E-state index contributed by atoms with van der Waals surface area (Å²) >= 11 is 6.22. The zero-order valence-electron chi connectivity index (χ0n) is 12.5. The van der Waals surface area contributed by atoms with Gasteiger partial charge in [-0.2, -0.15) is 0 Å². The molecule has 1 aliphatic rings. The van der Waals surface area contributed by atoms with Crippen LogP contribution >= 0.6 is 11.6 Å². The number of anilines is 2. The summed E-state index contributed by atoms with van der Waals surface area (Å²) in [7, 11) is 0. The van der Waals surface area contributed by atoms with E-state index in [2.05, 4.69) is 17.6 Å². The van der Waals surface area contributed by atoms with E-state index >= 15 is 0 Å². The van der Waals surface area contributed by atoms with Crippen molar-refractivity contribution in [2.24, 2.45) is 5.92 Å². The molecule has 1 saturated carbocycles. The van der Waals surface area contributed by atoms with Crippen molar-refractivity contribution < 1.29 is 4.79 Å². The summed E-state index contributed by atoms with van der Waals surface area (Å²) in [6.07, 6.45) is 2.03. The average molecular weight is 315 g/mol. The summed E-state index contributed by atoms with van der Waals surface area (Å²) in [6, 6.07) is 15.7. The van der Waals surface area contributed by atoms with Crippen molar-refractivity contribution in [3.63, 3.8) is 0 Å². The van der Waals surface area contributed by atoms with Crippen molar-refractivity contribution in [2.75, 3.05) is 10.6 Å². The largest absolute Gasteiger partial charge is 0.378 e. The van der Waals surface area contributed by atoms with E-state index in [0.29, 0.717) is 0 Å². The molecule has 2 aromatic rings. The Kier molecular flexibility index (Phi) is 4.34.